The normalized spacial score (nSPS) is 12.4. The van der Waals surface area contributed by atoms with Crippen molar-refractivity contribution in [2.45, 2.75) is 18.9 Å². The molecule has 0 spiro atoms. The SMILES string of the molecule is CNC(Cc1cccnc1)Cc1cccc(Cl)c1Cl. The molecule has 1 aromatic heterocycles. The maximum absolute atomic E-state index is 6.23. The number of nitrogens with zero attached hydrogens (tertiary/aromatic N) is 1. The van der Waals surface area contributed by atoms with Gasteiger partial charge < -0.3 is 5.32 Å². The summed E-state index contributed by atoms with van der Waals surface area (Å²) in [5.41, 5.74) is 2.28. The molecular weight excluding hydrogens is 279 g/mol. The molecule has 19 heavy (non-hydrogen) atoms. The predicted octanol–water partition coefficient (Wildman–Crippen LogP) is 3.76. The van der Waals surface area contributed by atoms with Gasteiger partial charge in [0.25, 0.3) is 0 Å². The molecule has 1 atom stereocenters. The van der Waals surface area contributed by atoms with Crippen molar-refractivity contribution >= 4 is 23.2 Å². The fourth-order valence-electron chi connectivity index (χ4n) is 2.05. The highest BCUT2D eigenvalue weighted by atomic mass is 35.5. The van der Waals surface area contributed by atoms with Crippen molar-refractivity contribution in [2.24, 2.45) is 0 Å². The summed E-state index contributed by atoms with van der Waals surface area (Å²) in [6.07, 6.45) is 5.42. The Morgan fingerprint density at radius 2 is 2.00 bits per heavy atom. The molecule has 0 saturated carbocycles. The predicted molar refractivity (Wildman–Crippen MR) is 81.0 cm³/mol. The van der Waals surface area contributed by atoms with Gasteiger partial charge in [0, 0.05) is 18.4 Å². The van der Waals surface area contributed by atoms with Crippen LogP contribution in [0.1, 0.15) is 11.1 Å². The molecule has 0 fully saturated rings. The fourth-order valence-corrected chi connectivity index (χ4v) is 2.45. The molecule has 2 aromatic rings. The average Bonchev–Trinajstić information content (AvgIpc) is 2.44. The molecule has 1 heterocycles. The first-order valence-corrected chi connectivity index (χ1v) is 6.95. The Labute approximate surface area is 123 Å². The third kappa shape index (κ3) is 3.93. The van der Waals surface area contributed by atoms with Gasteiger partial charge in [-0.25, -0.2) is 0 Å². The van der Waals surface area contributed by atoms with E-state index in [4.69, 9.17) is 23.2 Å². The largest absolute Gasteiger partial charge is 0.316 e. The van der Waals surface area contributed by atoms with E-state index < -0.39 is 0 Å². The minimum atomic E-state index is 0.306. The van der Waals surface area contributed by atoms with E-state index >= 15 is 0 Å². The molecule has 1 aromatic carbocycles. The van der Waals surface area contributed by atoms with Crippen LogP contribution in [-0.4, -0.2) is 18.1 Å². The van der Waals surface area contributed by atoms with E-state index in [2.05, 4.69) is 16.4 Å². The van der Waals surface area contributed by atoms with Crippen LogP contribution in [0.15, 0.2) is 42.7 Å². The lowest BCUT2D eigenvalue weighted by Crippen LogP contribution is -2.30. The summed E-state index contributed by atoms with van der Waals surface area (Å²) in [4.78, 5) is 4.14. The van der Waals surface area contributed by atoms with Crippen molar-refractivity contribution in [1.29, 1.82) is 0 Å². The molecular formula is C15H16Cl2N2. The molecule has 0 bridgehead atoms. The van der Waals surface area contributed by atoms with E-state index in [0.717, 1.165) is 18.4 Å². The van der Waals surface area contributed by atoms with Crippen LogP contribution in [0.2, 0.25) is 10.0 Å². The van der Waals surface area contributed by atoms with Gasteiger partial charge in [0.1, 0.15) is 0 Å². The molecule has 0 aliphatic rings. The smallest absolute Gasteiger partial charge is 0.0624 e. The molecule has 0 radical (unpaired) electrons. The Morgan fingerprint density at radius 3 is 2.68 bits per heavy atom. The van der Waals surface area contributed by atoms with E-state index in [9.17, 15) is 0 Å². The van der Waals surface area contributed by atoms with Crippen LogP contribution in [0.5, 0.6) is 0 Å². The van der Waals surface area contributed by atoms with E-state index in [1.54, 1.807) is 6.20 Å². The van der Waals surface area contributed by atoms with E-state index in [1.165, 1.54) is 5.56 Å². The van der Waals surface area contributed by atoms with Crippen LogP contribution in [0.4, 0.5) is 0 Å². The molecule has 0 aliphatic heterocycles. The molecule has 1 N–H and O–H groups in total. The Hall–Kier alpha value is -1.09. The molecule has 0 amide bonds. The Balaban J connectivity index is 2.09. The highest BCUT2D eigenvalue weighted by molar-refractivity contribution is 6.42. The molecule has 100 valence electrons. The Kier molecular flexibility index (Phi) is 5.20. The van der Waals surface area contributed by atoms with Gasteiger partial charge in [-0.15, -0.1) is 0 Å². The fraction of sp³-hybridized carbons (Fsp3) is 0.267. The lowest BCUT2D eigenvalue weighted by Gasteiger charge is -2.17. The Bertz CT molecular complexity index is 529. The number of likely N-dealkylation sites (N-methyl/N-ethyl adjacent to an activating group) is 1. The van der Waals surface area contributed by atoms with Gasteiger partial charge in [0.2, 0.25) is 0 Å². The third-order valence-corrected chi connectivity index (χ3v) is 3.97. The number of pyridine rings is 1. The topological polar surface area (TPSA) is 24.9 Å². The molecule has 4 heteroatoms. The van der Waals surface area contributed by atoms with Crippen molar-refractivity contribution in [3.05, 3.63) is 63.9 Å². The number of aromatic nitrogens is 1. The van der Waals surface area contributed by atoms with Crippen LogP contribution >= 0.6 is 23.2 Å². The standard InChI is InChI=1S/C15H16Cl2N2/c1-18-13(8-11-4-3-7-19-10-11)9-12-5-2-6-14(16)15(12)17/h2-7,10,13,18H,8-9H2,1H3. The molecule has 2 rings (SSSR count). The highest BCUT2D eigenvalue weighted by Crippen LogP contribution is 2.26. The zero-order valence-electron chi connectivity index (χ0n) is 10.7. The lowest BCUT2D eigenvalue weighted by atomic mass is 10.00. The van der Waals surface area contributed by atoms with Crippen molar-refractivity contribution in [1.82, 2.24) is 10.3 Å². The molecule has 0 aliphatic carbocycles. The van der Waals surface area contributed by atoms with Crippen LogP contribution < -0.4 is 5.32 Å². The third-order valence-electron chi connectivity index (χ3n) is 3.11. The second-order valence-electron chi connectivity index (χ2n) is 4.47. The second kappa shape index (κ2) is 6.90. The van der Waals surface area contributed by atoms with Gasteiger partial charge in [-0.1, -0.05) is 41.4 Å². The summed E-state index contributed by atoms with van der Waals surface area (Å²) < 4.78 is 0. The highest BCUT2D eigenvalue weighted by Gasteiger charge is 2.12. The van der Waals surface area contributed by atoms with Crippen molar-refractivity contribution < 1.29 is 0 Å². The maximum Gasteiger partial charge on any atom is 0.0624 e. The number of halogens is 2. The first-order valence-electron chi connectivity index (χ1n) is 6.19. The zero-order chi connectivity index (χ0) is 13.7. The number of hydrogen-bond acceptors (Lipinski definition) is 2. The number of hydrogen-bond donors (Lipinski definition) is 1. The summed E-state index contributed by atoms with van der Waals surface area (Å²) in [5.74, 6) is 0. The van der Waals surface area contributed by atoms with Gasteiger partial charge in [-0.05, 0) is 43.1 Å². The summed E-state index contributed by atoms with van der Waals surface area (Å²) in [5, 5.41) is 4.57. The van der Waals surface area contributed by atoms with E-state index in [0.29, 0.717) is 16.1 Å². The Morgan fingerprint density at radius 1 is 1.16 bits per heavy atom. The van der Waals surface area contributed by atoms with Crippen molar-refractivity contribution in [3.8, 4) is 0 Å². The zero-order valence-corrected chi connectivity index (χ0v) is 12.2. The van der Waals surface area contributed by atoms with Gasteiger partial charge >= 0.3 is 0 Å². The summed E-state index contributed by atoms with van der Waals surface area (Å²) in [6.45, 7) is 0. The number of rotatable bonds is 5. The summed E-state index contributed by atoms with van der Waals surface area (Å²) in [7, 11) is 1.96. The minimum Gasteiger partial charge on any atom is -0.316 e. The molecule has 0 saturated heterocycles. The van der Waals surface area contributed by atoms with Crippen LogP contribution in [0.3, 0.4) is 0 Å². The molecule has 1 unspecified atom stereocenters. The quantitative estimate of drug-likeness (QED) is 0.908. The van der Waals surface area contributed by atoms with Crippen LogP contribution in [0, 0.1) is 0 Å². The summed E-state index contributed by atoms with van der Waals surface area (Å²) in [6, 6.07) is 10.1. The van der Waals surface area contributed by atoms with Crippen LogP contribution in [-0.2, 0) is 12.8 Å². The summed E-state index contributed by atoms with van der Waals surface area (Å²) >= 11 is 12.3. The first kappa shape index (κ1) is 14.3. The van der Waals surface area contributed by atoms with E-state index in [1.807, 2.05) is 37.5 Å². The van der Waals surface area contributed by atoms with E-state index in [-0.39, 0.29) is 0 Å². The molecule has 2 nitrogen and oxygen atoms in total. The van der Waals surface area contributed by atoms with Gasteiger partial charge in [-0.3, -0.25) is 4.98 Å². The lowest BCUT2D eigenvalue weighted by molar-refractivity contribution is 0.556. The number of nitrogens with one attached hydrogen (secondary N) is 1. The average molecular weight is 295 g/mol. The van der Waals surface area contributed by atoms with Crippen molar-refractivity contribution in [2.75, 3.05) is 7.05 Å². The van der Waals surface area contributed by atoms with Gasteiger partial charge in [-0.2, -0.15) is 0 Å². The first-order chi connectivity index (χ1) is 9.20. The maximum atomic E-state index is 6.23. The number of benzene rings is 1. The second-order valence-corrected chi connectivity index (χ2v) is 5.25. The monoisotopic (exact) mass is 294 g/mol. The minimum absolute atomic E-state index is 0.306. The van der Waals surface area contributed by atoms with Gasteiger partial charge in [0.15, 0.2) is 0 Å². The van der Waals surface area contributed by atoms with Gasteiger partial charge in [0.05, 0.1) is 10.0 Å². The van der Waals surface area contributed by atoms with Crippen molar-refractivity contribution in [3.63, 3.8) is 0 Å². The van der Waals surface area contributed by atoms with Crippen LogP contribution in [0.25, 0.3) is 0 Å².